The van der Waals surface area contributed by atoms with Crippen molar-refractivity contribution in [2.24, 2.45) is 10.2 Å². The van der Waals surface area contributed by atoms with Gasteiger partial charge in [0.2, 0.25) is 5.91 Å². The molecule has 0 radical (unpaired) electrons. The number of carbonyl (C=O) groups is 1. The molecule has 2 aliphatic heterocycles. The van der Waals surface area contributed by atoms with Crippen molar-refractivity contribution in [3.63, 3.8) is 0 Å². The van der Waals surface area contributed by atoms with Gasteiger partial charge in [0.05, 0.1) is 0 Å². The molecule has 1 fully saturated rings. The lowest BCUT2D eigenvalue weighted by molar-refractivity contribution is -0.136. The van der Waals surface area contributed by atoms with Crippen LogP contribution in [-0.2, 0) is 4.79 Å². The molecule has 1 atom stereocenters. The van der Waals surface area contributed by atoms with Gasteiger partial charge in [-0.2, -0.15) is 10.2 Å². The molecule has 2 heterocycles. The first-order valence-electron chi connectivity index (χ1n) is 8.47. The van der Waals surface area contributed by atoms with Crippen molar-refractivity contribution < 1.29 is 4.79 Å². The molecule has 0 aromatic heterocycles. The quantitative estimate of drug-likeness (QED) is 0.735. The van der Waals surface area contributed by atoms with Crippen LogP contribution in [0.25, 0.3) is 0 Å². The van der Waals surface area contributed by atoms with Gasteiger partial charge >= 0.3 is 0 Å². The van der Waals surface area contributed by atoms with Gasteiger partial charge < -0.3 is 10.2 Å². The van der Waals surface area contributed by atoms with Crippen LogP contribution in [0.1, 0.15) is 58.8 Å². The van der Waals surface area contributed by atoms with E-state index in [1.165, 1.54) is 0 Å². The van der Waals surface area contributed by atoms with Crippen molar-refractivity contribution in [2.75, 3.05) is 13.1 Å². The summed E-state index contributed by atoms with van der Waals surface area (Å²) in [5.41, 5.74) is -0.351. The molecular weight excluding hydrogens is 276 g/mol. The van der Waals surface area contributed by atoms with Gasteiger partial charge in [0.25, 0.3) is 0 Å². The fourth-order valence-electron chi connectivity index (χ4n) is 3.30. The molecule has 0 spiro atoms. The molecule has 2 aliphatic rings. The van der Waals surface area contributed by atoms with E-state index in [-0.39, 0.29) is 17.6 Å². The van der Waals surface area contributed by atoms with Crippen molar-refractivity contribution in [3.05, 3.63) is 0 Å². The zero-order valence-electron chi connectivity index (χ0n) is 13.8. The van der Waals surface area contributed by atoms with E-state index in [2.05, 4.69) is 40.2 Å². The lowest BCUT2D eigenvalue weighted by Gasteiger charge is -2.35. The van der Waals surface area contributed by atoms with E-state index < -0.39 is 0 Å². The third-order valence-electron chi connectivity index (χ3n) is 4.57. The summed E-state index contributed by atoms with van der Waals surface area (Å²) >= 11 is 0. The van der Waals surface area contributed by atoms with Crippen LogP contribution in [0.3, 0.4) is 0 Å². The van der Waals surface area contributed by atoms with Gasteiger partial charge in [-0.15, -0.1) is 12.3 Å². The summed E-state index contributed by atoms with van der Waals surface area (Å²) in [6, 6.07) is 0.600. The van der Waals surface area contributed by atoms with Gasteiger partial charge in [-0.3, -0.25) is 4.79 Å². The van der Waals surface area contributed by atoms with Crippen molar-refractivity contribution in [2.45, 2.75) is 76.5 Å². The Bertz CT molecular complexity index is 438. The zero-order chi connectivity index (χ0) is 16.0. The topological polar surface area (TPSA) is 57.1 Å². The Hall–Kier alpha value is -1.41. The summed E-state index contributed by atoms with van der Waals surface area (Å²) in [4.78, 5) is 14.8. The fourth-order valence-corrected chi connectivity index (χ4v) is 3.30. The van der Waals surface area contributed by atoms with Crippen LogP contribution in [0.2, 0.25) is 0 Å². The standard InChI is InChI=1S/C17H28N4O/c1-4-5-10-17(19-20-17)11-8-16(22)21(14(2)3)15-7-6-12-18-13-9-15/h1,14-15,18H,5-13H2,2-3H3. The molecule has 1 unspecified atom stereocenters. The Morgan fingerprint density at radius 3 is 2.77 bits per heavy atom. The molecule has 5 heteroatoms. The number of nitrogens with one attached hydrogen (secondary N) is 1. The van der Waals surface area contributed by atoms with Crippen LogP contribution in [-0.4, -0.2) is 41.6 Å². The van der Waals surface area contributed by atoms with E-state index in [1.807, 2.05) is 0 Å². The molecule has 0 saturated carbocycles. The lowest BCUT2D eigenvalue weighted by atomic mass is 10.00. The minimum Gasteiger partial charge on any atom is -0.337 e. The van der Waals surface area contributed by atoms with Crippen LogP contribution in [0.5, 0.6) is 0 Å². The second kappa shape index (κ2) is 7.73. The number of hydrogen-bond donors (Lipinski definition) is 1. The molecule has 5 nitrogen and oxygen atoms in total. The van der Waals surface area contributed by atoms with E-state index in [0.29, 0.717) is 25.3 Å². The highest BCUT2D eigenvalue weighted by molar-refractivity contribution is 5.77. The van der Waals surface area contributed by atoms with E-state index in [4.69, 9.17) is 6.42 Å². The Balaban J connectivity index is 1.88. The first-order valence-corrected chi connectivity index (χ1v) is 8.47. The predicted molar refractivity (Wildman–Crippen MR) is 87.4 cm³/mol. The summed E-state index contributed by atoms with van der Waals surface area (Å²) in [7, 11) is 0. The fraction of sp³-hybridized carbons (Fsp3) is 0.824. The number of carbonyl (C=O) groups excluding carboxylic acids is 1. The van der Waals surface area contributed by atoms with Crippen molar-refractivity contribution in [3.8, 4) is 12.3 Å². The Morgan fingerprint density at radius 1 is 1.36 bits per heavy atom. The minimum atomic E-state index is -0.351. The molecule has 122 valence electrons. The Kier molecular flexibility index (Phi) is 5.96. The van der Waals surface area contributed by atoms with Crippen molar-refractivity contribution in [1.82, 2.24) is 10.2 Å². The number of nitrogens with zero attached hydrogens (tertiary/aromatic N) is 3. The normalized spacial score (nSPS) is 22.9. The molecule has 0 aromatic rings. The predicted octanol–water partition coefficient (Wildman–Crippen LogP) is 2.72. The first-order chi connectivity index (χ1) is 10.6. The minimum absolute atomic E-state index is 0.235. The van der Waals surface area contributed by atoms with Gasteiger partial charge in [0, 0.05) is 37.8 Å². The third-order valence-corrected chi connectivity index (χ3v) is 4.57. The average molecular weight is 304 g/mol. The monoisotopic (exact) mass is 304 g/mol. The lowest BCUT2D eigenvalue weighted by Crippen LogP contribution is -2.45. The number of hydrogen-bond acceptors (Lipinski definition) is 4. The van der Waals surface area contributed by atoms with Gasteiger partial charge in [-0.1, -0.05) is 0 Å². The molecule has 0 bridgehead atoms. The van der Waals surface area contributed by atoms with Crippen molar-refractivity contribution in [1.29, 1.82) is 0 Å². The summed E-state index contributed by atoms with van der Waals surface area (Å²) in [5, 5.41) is 11.7. The van der Waals surface area contributed by atoms with Crippen LogP contribution >= 0.6 is 0 Å². The van der Waals surface area contributed by atoms with Crippen LogP contribution in [0.4, 0.5) is 0 Å². The van der Waals surface area contributed by atoms with E-state index in [1.54, 1.807) is 0 Å². The second-order valence-corrected chi connectivity index (χ2v) is 6.62. The second-order valence-electron chi connectivity index (χ2n) is 6.62. The highest BCUT2D eigenvalue weighted by Crippen LogP contribution is 2.38. The van der Waals surface area contributed by atoms with Gasteiger partial charge in [-0.05, 0) is 46.2 Å². The SMILES string of the molecule is C#CCCC1(CCC(=O)N(C(C)C)C2CCCNCC2)N=N1. The maximum absolute atomic E-state index is 12.7. The van der Waals surface area contributed by atoms with E-state index in [9.17, 15) is 4.79 Å². The molecule has 0 aromatic carbocycles. The van der Waals surface area contributed by atoms with Crippen molar-refractivity contribution >= 4 is 5.91 Å². The summed E-state index contributed by atoms with van der Waals surface area (Å²) in [6.45, 7) is 6.27. The summed E-state index contributed by atoms with van der Waals surface area (Å²) < 4.78 is 0. The van der Waals surface area contributed by atoms with Crippen LogP contribution in [0.15, 0.2) is 10.2 Å². The molecule has 1 amide bonds. The van der Waals surface area contributed by atoms with Gasteiger partial charge in [0.1, 0.15) is 0 Å². The summed E-state index contributed by atoms with van der Waals surface area (Å²) in [5.74, 6) is 2.86. The smallest absolute Gasteiger partial charge is 0.223 e. The molecule has 0 aliphatic carbocycles. The summed E-state index contributed by atoms with van der Waals surface area (Å²) in [6.07, 6.45) is 11.2. The average Bonchev–Trinajstić information content (AvgIpc) is 3.28. The van der Waals surface area contributed by atoms with Crippen LogP contribution < -0.4 is 5.32 Å². The Morgan fingerprint density at radius 2 is 2.14 bits per heavy atom. The molecule has 22 heavy (non-hydrogen) atoms. The van der Waals surface area contributed by atoms with Crippen LogP contribution in [0, 0.1) is 12.3 Å². The maximum atomic E-state index is 12.7. The molecule has 1 N–H and O–H groups in total. The van der Waals surface area contributed by atoms with E-state index >= 15 is 0 Å². The first kappa shape index (κ1) is 17.0. The molecular formula is C17H28N4O. The number of terminal acetylenes is 1. The molecule has 1 saturated heterocycles. The molecule has 2 rings (SSSR count). The zero-order valence-corrected chi connectivity index (χ0v) is 13.8. The third kappa shape index (κ3) is 4.54. The largest absolute Gasteiger partial charge is 0.337 e. The highest BCUT2D eigenvalue weighted by atomic mass is 16.2. The Labute approximate surface area is 133 Å². The number of amides is 1. The van der Waals surface area contributed by atoms with Gasteiger partial charge in [-0.25, -0.2) is 0 Å². The number of rotatable bonds is 7. The maximum Gasteiger partial charge on any atom is 0.223 e. The highest BCUT2D eigenvalue weighted by Gasteiger charge is 2.40. The van der Waals surface area contributed by atoms with E-state index in [0.717, 1.165) is 38.8 Å². The van der Waals surface area contributed by atoms with Gasteiger partial charge in [0.15, 0.2) is 5.66 Å².